The molecule has 25 heavy (non-hydrogen) atoms. The lowest BCUT2D eigenvalue weighted by Gasteiger charge is -2.30. The van der Waals surface area contributed by atoms with E-state index in [1.165, 1.54) is 5.56 Å². The zero-order valence-corrected chi connectivity index (χ0v) is 16.8. The van der Waals surface area contributed by atoms with Crippen LogP contribution in [-0.2, 0) is 16.0 Å². The Hall–Kier alpha value is -1.71. The monoisotopic (exact) mass is 348 g/mol. The van der Waals surface area contributed by atoms with Gasteiger partial charge in [-0.3, -0.25) is 4.79 Å². The molecule has 0 aliphatic heterocycles. The Bertz CT molecular complexity index is 531. The summed E-state index contributed by atoms with van der Waals surface area (Å²) < 4.78 is 5.03. The summed E-state index contributed by atoms with van der Waals surface area (Å²) in [6, 6.07) is 6.33. The number of benzene rings is 1. The fraction of sp³-hybridized carbons (Fsp3) is 0.667. The van der Waals surface area contributed by atoms with Gasteiger partial charge < -0.3 is 15.4 Å². The van der Waals surface area contributed by atoms with Gasteiger partial charge in [-0.05, 0) is 48.8 Å². The number of hydrogen-bond donors (Lipinski definition) is 1. The topological polar surface area (TPSA) is 55.6 Å². The first-order chi connectivity index (χ1) is 11.7. The molecule has 1 aromatic carbocycles. The maximum Gasteiger partial charge on any atom is 0.306 e. The van der Waals surface area contributed by atoms with E-state index in [4.69, 9.17) is 10.5 Å². The average Bonchev–Trinajstić information content (AvgIpc) is 2.45. The second-order valence-corrected chi connectivity index (χ2v) is 7.90. The number of nitrogens with zero attached hydrogens (tertiary/aromatic N) is 1. The number of nitrogens with two attached hydrogens (primary N) is 1. The van der Waals surface area contributed by atoms with Crippen LogP contribution in [0.15, 0.2) is 18.2 Å². The van der Waals surface area contributed by atoms with Crippen LogP contribution in [0.3, 0.4) is 0 Å². The van der Waals surface area contributed by atoms with E-state index < -0.39 is 0 Å². The Kier molecular flexibility index (Phi) is 8.81. The van der Waals surface area contributed by atoms with Gasteiger partial charge in [0.2, 0.25) is 0 Å². The van der Waals surface area contributed by atoms with Crippen molar-refractivity contribution in [2.24, 2.45) is 17.8 Å². The molecule has 1 aromatic rings. The highest BCUT2D eigenvalue weighted by Gasteiger charge is 2.15. The van der Waals surface area contributed by atoms with Gasteiger partial charge in [-0.2, -0.15) is 0 Å². The zero-order chi connectivity index (χ0) is 19.0. The minimum Gasteiger partial charge on any atom is -0.466 e. The molecule has 4 heteroatoms. The molecule has 0 amide bonds. The van der Waals surface area contributed by atoms with Gasteiger partial charge in [0, 0.05) is 19.5 Å². The summed E-state index contributed by atoms with van der Waals surface area (Å²) in [7, 11) is 0. The van der Waals surface area contributed by atoms with E-state index >= 15 is 0 Å². The van der Waals surface area contributed by atoms with Crippen molar-refractivity contribution in [2.75, 3.05) is 30.3 Å². The highest BCUT2D eigenvalue weighted by Crippen LogP contribution is 2.27. The van der Waals surface area contributed by atoms with E-state index in [2.05, 4.69) is 57.7 Å². The minimum absolute atomic E-state index is 0.125. The second kappa shape index (κ2) is 10.3. The summed E-state index contributed by atoms with van der Waals surface area (Å²) in [5.41, 5.74) is 9.47. The van der Waals surface area contributed by atoms with Gasteiger partial charge >= 0.3 is 5.97 Å². The second-order valence-electron chi connectivity index (χ2n) is 7.90. The van der Waals surface area contributed by atoms with E-state index in [0.29, 0.717) is 24.9 Å². The van der Waals surface area contributed by atoms with Crippen LogP contribution in [0.5, 0.6) is 0 Å². The molecule has 142 valence electrons. The van der Waals surface area contributed by atoms with Crippen LogP contribution >= 0.6 is 0 Å². The number of nitrogen functional groups attached to an aromatic ring is 1. The van der Waals surface area contributed by atoms with Crippen LogP contribution in [0.25, 0.3) is 0 Å². The fourth-order valence-electron chi connectivity index (χ4n) is 3.15. The smallest absolute Gasteiger partial charge is 0.306 e. The summed E-state index contributed by atoms with van der Waals surface area (Å²) in [5.74, 6) is 1.29. The molecule has 1 atom stereocenters. The molecule has 0 fully saturated rings. The van der Waals surface area contributed by atoms with E-state index in [0.717, 1.165) is 30.9 Å². The summed E-state index contributed by atoms with van der Waals surface area (Å²) in [4.78, 5) is 14.0. The number of ether oxygens (including phenoxy) is 1. The van der Waals surface area contributed by atoms with Crippen molar-refractivity contribution in [1.29, 1.82) is 0 Å². The van der Waals surface area contributed by atoms with Crippen molar-refractivity contribution >= 4 is 17.3 Å². The van der Waals surface area contributed by atoms with Gasteiger partial charge in [-0.25, -0.2) is 0 Å². The van der Waals surface area contributed by atoms with Crippen LogP contribution in [0.1, 0.15) is 53.5 Å². The van der Waals surface area contributed by atoms with Gasteiger partial charge in [0.05, 0.1) is 18.0 Å². The molecule has 0 spiro atoms. The molecule has 1 unspecified atom stereocenters. The maximum absolute atomic E-state index is 11.6. The molecule has 0 aliphatic rings. The summed E-state index contributed by atoms with van der Waals surface area (Å²) in [6.07, 6.45) is 1.28. The molecule has 0 bridgehead atoms. The van der Waals surface area contributed by atoms with Crippen LogP contribution in [0.4, 0.5) is 11.4 Å². The molecule has 0 saturated heterocycles. The van der Waals surface area contributed by atoms with Crippen LogP contribution in [0.2, 0.25) is 0 Å². The Morgan fingerprint density at radius 2 is 1.72 bits per heavy atom. The van der Waals surface area contributed by atoms with Crippen LogP contribution in [0, 0.1) is 17.8 Å². The summed E-state index contributed by atoms with van der Waals surface area (Å²) >= 11 is 0. The summed E-state index contributed by atoms with van der Waals surface area (Å²) in [5, 5.41) is 0. The largest absolute Gasteiger partial charge is 0.466 e. The Labute approximate surface area is 153 Å². The summed E-state index contributed by atoms with van der Waals surface area (Å²) in [6.45, 7) is 15.3. The number of carbonyl (C=O) groups is 1. The first-order valence-electron chi connectivity index (χ1n) is 9.51. The predicted molar refractivity (Wildman–Crippen MR) is 107 cm³/mol. The van der Waals surface area contributed by atoms with Crippen LogP contribution in [-0.4, -0.2) is 25.7 Å². The third-order valence-corrected chi connectivity index (χ3v) is 4.01. The quantitative estimate of drug-likeness (QED) is 0.499. The molecule has 4 nitrogen and oxygen atoms in total. The van der Waals surface area contributed by atoms with Crippen molar-refractivity contribution in [1.82, 2.24) is 0 Å². The van der Waals surface area contributed by atoms with Gasteiger partial charge in [-0.15, -0.1) is 0 Å². The van der Waals surface area contributed by atoms with E-state index in [1.807, 2.05) is 6.92 Å². The molecule has 1 rings (SSSR count). The van der Waals surface area contributed by atoms with E-state index in [-0.39, 0.29) is 11.9 Å². The standard InChI is InChI=1S/C21H36N2O2/c1-7-25-21(24)11-17(6)10-18-8-9-20(19(22)12-18)23(13-15(2)3)14-16(4)5/h8-9,12,15-17H,7,10-11,13-14,22H2,1-6H3. The Morgan fingerprint density at radius 3 is 2.20 bits per heavy atom. The number of hydrogen-bond acceptors (Lipinski definition) is 4. The lowest BCUT2D eigenvalue weighted by molar-refractivity contribution is -0.144. The van der Waals surface area contributed by atoms with Gasteiger partial charge in [-0.1, -0.05) is 40.7 Å². The maximum atomic E-state index is 11.6. The molecule has 0 saturated carbocycles. The van der Waals surface area contributed by atoms with Crippen molar-refractivity contribution in [3.8, 4) is 0 Å². The zero-order valence-electron chi connectivity index (χ0n) is 16.8. The van der Waals surface area contributed by atoms with Crippen molar-refractivity contribution in [3.63, 3.8) is 0 Å². The number of esters is 1. The highest BCUT2D eigenvalue weighted by atomic mass is 16.5. The molecule has 0 aliphatic carbocycles. The Balaban J connectivity index is 2.81. The Morgan fingerprint density at radius 1 is 1.12 bits per heavy atom. The fourth-order valence-corrected chi connectivity index (χ4v) is 3.15. The number of anilines is 2. The van der Waals surface area contributed by atoms with Gasteiger partial charge in [0.15, 0.2) is 0 Å². The molecule has 0 aromatic heterocycles. The lowest BCUT2D eigenvalue weighted by Crippen LogP contribution is -2.31. The molecular formula is C21H36N2O2. The molecule has 0 heterocycles. The SMILES string of the molecule is CCOC(=O)CC(C)Cc1ccc(N(CC(C)C)CC(C)C)c(N)c1. The first kappa shape index (κ1) is 21.3. The molecule has 0 radical (unpaired) electrons. The number of carbonyl (C=O) groups excluding carboxylic acids is 1. The van der Waals surface area contributed by atoms with E-state index in [9.17, 15) is 4.79 Å². The van der Waals surface area contributed by atoms with Crippen molar-refractivity contribution in [2.45, 2.75) is 54.4 Å². The number of rotatable bonds is 10. The van der Waals surface area contributed by atoms with Crippen molar-refractivity contribution in [3.05, 3.63) is 23.8 Å². The minimum atomic E-state index is -0.125. The lowest BCUT2D eigenvalue weighted by atomic mass is 9.97. The van der Waals surface area contributed by atoms with Gasteiger partial charge in [0.25, 0.3) is 0 Å². The normalized spacial score (nSPS) is 12.5. The predicted octanol–water partition coefficient (Wildman–Crippen LogP) is 4.52. The highest BCUT2D eigenvalue weighted by molar-refractivity contribution is 5.70. The molecular weight excluding hydrogens is 312 g/mol. The molecule has 2 N–H and O–H groups in total. The third kappa shape index (κ3) is 7.80. The van der Waals surface area contributed by atoms with Crippen LogP contribution < -0.4 is 10.6 Å². The first-order valence-corrected chi connectivity index (χ1v) is 9.51. The van der Waals surface area contributed by atoms with Gasteiger partial charge in [0.1, 0.15) is 0 Å². The third-order valence-electron chi connectivity index (χ3n) is 4.01. The van der Waals surface area contributed by atoms with E-state index in [1.54, 1.807) is 0 Å². The van der Waals surface area contributed by atoms with Crippen molar-refractivity contribution < 1.29 is 9.53 Å². The average molecular weight is 349 g/mol.